The average molecular weight is 280 g/mol. The zero-order chi connectivity index (χ0) is 14.8. The minimum Gasteiger partial charge on any atom is -0.469 e. The van der Waals surface area contributed by atoms with Crippen LogP contribution in [-0.2, 0) is 14.3 Å². The molecule has 0 N–H and O–H groups in total. The maximum absolute atomic E-state index is 11.9. The molecule has 0 aliphatic heterocycles. The predicted molar refractivity (Wildman–Crippen MR) is 80.4 cm³/mol. The van der Waals surface area contributed by atoms with Gasteiger partial charge in [-0.05, 0) is 38.0 Å². The monoisotopic (exact) mass is 280 g/mol. The third kappa shape index (κ3) is 5.89. The van der Waals surface area contributed by atoms with E-state index in [2.05, 4.69) is 23.8 Å². The molecule has 0 aromatic heterocycles. The molecule has 0 radical (unpaired) electrons. The van der Waals surface area contributed by atoms with E-state index in [1.54, 1.807) is 0 Å². The maximum atomic E-state index is 11.9. The van der Waals surface area contributed by atoms with E-state index in [1.165, 1.54) is 7.11 Å². The molecule has 0 saturated heterocycles. The van der Waals surface area contributed by atoms with E-state index < -0.39 is 0 Å². The van der Waals surface area contributed by atoms with Crippen molar-refractivity contribution >= 4 is 11.8 Å². The summed E-state index contributed by atoms with van der Waals surface area (Å²) in [6.07, 6.45) is 12.8. The third-order valence-corrected chi connectivity index (χ3v) is 4.22. The van der Waals surface area contributed by atoms with E-state index in [9.17, 15) is 9.59 Å². The summed E-state index contributed by atoms with van der Waals surface area (Å²) >= 11 is 0. The zero-order valence-electron chi connectivity index (χ0n) is 12.9. The molecule has 1 saturated carbocycles. The molecule has 1 aliphatic rings. The molecule has 114 valence electrons. The van der Waals surface area contributed by atoms with Crippen LogP contribution in [0, 0.1) is 11.8 Å². The summed E-state index contributed by atoms with van der Waals surface area (Å²) in [7, 11) is 1.43. The molecular weight excluding hydrogens is 252 g/mol. The maximum Gasteiger partial charge on any atom is 0.305 e. The lowest BCUT2D eigenvalue weighted by Crippen LogP contribution is -2.14. The summed E-state index contributed by atoms with van der Waals surface area (Å²) in [6, 6.07) is 0. The standard InChI is InChI=1S/C17H28O3/c1-3-4-6-10-15-14(12-13-16(15)18)9-7-5-8-11-17(19)20-2/h4,6,14-15H,3,5,7-13H2,1-2H3/b6-4-/t14-,15-/m0/s1. The average Bonchev–Trinajstić information content (AvgIpc) is 2.79. The van der Waals surface area contributed by atoms with Crippen molar-refractivity contribution in [2.24, 2.45) is 11.8 Å². The molecule has 3 nitrogen and oxygen atoms in total. The minimum absolute atomic E-state index is 0.122. The predicted octanol–water partition coefficient (Wildman–Crippen LogP) is 4.06. The number of methoxy groups -OCH3 is 1. The molecule has 0 unspecified atom stereocenters. The van der Waals surface area contributed by atoms with Gasteiger partial charge in [-0.15, -0.1) is 0 Å². The number of rotatable bonds is 9. The first kappa shape index (κ1) is 16.9. The van der Waals surface area contributed by atoms with Gasteiger partial charge in [0.1, 0.15) is 5.78 Å². The summed E-state index contributed by atoms with van der Waals surface area (Å²) in [6.45, 7) is 2.12. The van der Waals surface area contributed by atoms with Crippen molar-refractivity contribution in [1.82, 2.24) is 0 Å². The fraction of sp³-hybridized carbons (Fsp3) is 0.765. The Bertz CT molecular complexity index is 333. The van der Waals surface area contributed by atoms with E-state index in [0.717, 1.165) is 51.4 Å². The summed E-state index contributed by atoms with van der Waals surface area (Å²) in [5.74, 6) is 1.13. The Morgan fingerprint density at radius 1 is 1.30 bits per heavy atom. The first-order valence-electron chi connectivity index (χ1n) is 7.93. The van der Waals surface area contributed by atoms with Gasteiger partial charge < -0.3 is 4.74 Å². The second kappa shape index (κ2) is 9.73. The molecule has 0 heterocycles. The highest BCUT2D eigenvalue weighted by Gasteiger charge is 2.32. The lowest BCUT2D eigenvalue weighted by molar-refractivity contribution is -0.140. The summed E-state index contributed by atoms with van der Waals surface area (Å²) in [4.78, 5) is 22.9. The Labute approximate surface area is 122 Å². The number of hydrogen-bond donors (Lipinski definition) is 0. The van der Waals surface area contributed by atoms with Gasteiger partial charge in [0.2, 0.25) is 0 Å². The van der Waals surface area contributed by atoms with Gasteiger partial charge in [0.15, 0.2) is 0 Å². The van der Waals surface area contributed by atoms with Crippen molar-refractivity contribution in [3.05, 3.63) is 12.2 Å². The van der Waals surface area contributed by atoms with Crippen LogP contribution in [0.2, 0.25) is 0 Å². The van der Waals surface area contributed by atoms with Crippen LogP contribution in [0.3, 0.4) is 0 Å². The van der Waals surface area contributed by atoms with Crippen LogP contribution in [0.4, 0.5) is 0 Å². The normalized spacial score (nSPS) is 22.6. The SMILES string of the molecule is CC/C=C\C[C@@H]1C(=O)CC[C@@H]1CCCCCC(=O)OC. The van der Waals surface area contributed by atoms with Crippen molar-refractivity contribution in [3.63, 3.8) is 0 Å². The molecule has 1 rings (SSSR count). The van der Waals surface area contributed by atoms with Gasteiger partial charge >= 0.3 is 5.97 Å². The van der Waals surface area contributed by atoms with Crippen LogP contribution in [0.1, 0.15) is 64.7 Å². The molecule has 0 bridgehead atoms. The lowest BCUT2D eigenvalue weighted by Gasteiger charge is -2.16. The molecule has 0 amide bonds. The highest BCUT2D eigenvalue weighted by atomic mass is 16.5. The van der Waals surface area contributed by atoms with Crippen LogP contribution in [0.5, 0.6) is 0 Å². The number of Topliss-reactive ketones (excluding diaryl/α,β-unsaturated/α-hetero) is 1. The third-order valence-electron chi connectivity index (χ3n) is 4.22. The first-order chi connectivity index (χ1) is 9.69. The molecule has 2 atom stereocenters. The molecule has 0 aromatic carbocycles. The number of carbonyl (C=O) groups excluding carboxylic acids is 2. The van der Waals surface area contributed by atoms with E-state index in [4.69, 9.17) is 0 Å². The fourth-order valence-electron chi connectivity index (χ4n) is 3.01. The number of ether oxygens (including phenoxy) is 1. The van der Waals surface area contributed by atoms with Gasteiger partial charge in [-0.3, -0.25) is 9.59 Å². The highest BCUT2D eigenvalue weighted by Crippen LogP contribution is 2.35. The van der Waals surface area contributed by atoms with Crippen LogP contribution >= 0.6 is 0 Å². The van der Waals surface area contributed by atoms with E-state index >= 15 is 0 Å². The smallest absolute Gasteiger partial charge is 0.305 e. The summed E-state index contributed by atoms with van der Waals surface area (Å²) < 4.78 is 4.63. The summed E-state index contributed by atoms with van der Waals surface area (Å²) in [5.41, 5.74) is 0. The number of unbranched alkanes of at least 4 members (excludes halogenated alkanes) is 2. The van der Waals surface area contributed by atoms with Gasteiger partial charge in [0, 0.05) is 18.8 Å². The fourth-order valence-corrected chi connectivity index (χ4v) is 3.01. The Morgan fingerprint density at radius 2 is 2.10 bits per heavy atom. The van der Waals surface area contributed by atoms with Crippen molar-refractivity contribution in [3.8, 4) is 0 Å². The largest absolute Gasteiger partial charge is 0.469 e. The lowest BCUT2D eigenvalue weighted by atomic mass is 9.88. The number of carbonyl (C=O) groups is 2. The Hall–Kier alpha value is -1.12. The molecule has 0 spiro atoms. The number of esters is 1. The second-order valence-electron chi connectivity index (χ2n) is 5.66. The highest BCUT2D eigenvalue weighted by molar-refractivity contribution is 5.83. The van der Waals surface area contributed by atoms with Crippen molar-refractivity contribution < 1.29 is 14.3 Å². The first-order valence-corrected chi connectivity index (χ1v) is 7.93. The Kier molecular flexibility index (Phi) is 8.24. The number of allylic oxidation sites excluding steroid dienone is 2. The number of hydrogen-bond acceptors (Lipinski definition) is 3. The van der Waals surface area contributed by atoms with Crippen molar-refractivity contribution in [1.29, 1.82) is 0 Å². The van der Waals surface area contributed by atoms with Gasteiger partial charge in [-0.2, -0.15) is 0 Å². The number of ketones is 1. The van der Waals surface area contributed by atoms with E-state index in [0.29, 0.717) is 18.1 Å². The van der Waals surface area contributed by atoms with Crippen molar-refractivity contribution in [2.45, 2.75) is 64.7 Å². The van der Waals surface area contributed by atoms with Crippen LogP contribution in [0.25, 0.3) is 0 Å². The molecule has 1 aliphatic carbocycles. The molecule has 20 heavy (non-hydrogen) atoms. The molecular formula is C17H28O3. The van der Waals surface area contributed by atoms with E-state index in [1.807, 2.05) is 0 Å². The quantitative estimate of drug-likeness (QED) is 0.363. The Morgan fingerprint density at radius 3 is 2.80 bits per heavy atom. The van der Waals surface area contributed by atoms with Gasteiger partial charge in [-0.25, -0.2) is 0 Å². The summed E-state index contributed by atoms with van der Waals surface area (Å²) in [5, 5.41) is 0. The molecule has 0 aromatic rings. The topological polar surface area (TPSA) is 43.4 Å². The van der Waals surface area contributed by atoms with Crippen molar-refractivity contribution in [2.75, 3.05) is 7.11 Å². The van der Waals surface area contributed by atoms with Crippen LogP contribution in [0.15, 0.2) is 12.2 Å². The van der Waals surface area contributed by atoms with Crippen LogP contribution in [-0.4, -0.2) is 18.9 Å². The second-order valence-corrected chi connectivity index (χ2v) is 5.66. The molecule has 3 heteroatoms. The van der Waals surface area contributed by atoms with Gasteiger partial charge in [0.05, 0.1) is 7.11 Å². The zero-order valence-corrected chi connectivity index (χ0v) is 12.9. The Balaban J connectivity index is 2.22. The molecule has 1 fully saturated rings. The van der Waals surface area contributed by atoms with E-state index in [-0.39, 0.29) is 11.9 Å². The minimum atomic E-state index is -0.122. The van der Waals surface area contributed by atoms with Gasteiger partial charge in [-0.1, -0.05) is 31.9 Å². The van der Waals surface area contributed by atoms with Gasteiger partial charge in [0.25, 0.3) is 0 Å². The van der Waals surface area contributed by atoms with Crippen LogP contribution < -0.4 is 0 Å².